The van der Waals surface area contributed by atoms with Crippen molar-refractivity contribution >= 4 is 22.8 Å². The van der Waals surface area contributed by atoms with Crippen LogP contribution in [0.25, 0.3) is 22.2 Å². The van der Waals surface area contributed by atoms with Crippen LogP contribution in [0.5, 0.6) is 0 Å². The number of nitrogens with one attached hydrogen (secondary N) is 2. The van der Waals surface area contributed by atoms with E-state index in [1.807, 2.05) is 0 Å². The summed E-state index contributed by atoms with van der Waals surface area (Å²) in [5.74, 6) is -2.01. The number of aromatic nitrogens is 1. The maximum absolute atomic E-state index is 13.8. The fourth-order valence-electron chi connectivity index (χ4n) is 3.17. The summed E-state index contributed by atoms with van der Waals surface area (Å²) in [6.45, 7) is -0.586. The molecule has 0 fully saturated rings. The molecule has 0 aliphatic rings. The Labute approximate surface area is 165 Å². The van der Waals surface area contributed by atoms with Crippen molar-refractivity contribution in [2.75, 3.05) is 13.7 Å². The highest BCUT2D eigenvalue weighted by Gasteiger charge is 2.21. The predicted octanol–water partition coefficient (Wildman–Crippen LogP) is 2.70. The number of rotatable bonds is 7. The number of aryl methyl sites for hydroxylation is 1. The van der Waals surface area contributed by atoms with Crippen molar-refractivity contribution in [1.82, 2.24) is 10.3 Å². The molecule has 0 bridgehead atoms. The van der Waals surface area contributed by atoms with Gasteiger partial charge in [-0.3, -0.25) is 4.79 Å². The summed E-state index contributed by atoms with van der Waals surface area (Å²) in [4.78, 5) is 27.0. The molecule has 3 N–H and O–H groups in total. The van der Waals surface area contributed by atoms with Gasteiger partial charge in [0.25, 0.3) is 0 Å². The molecule has 0 aliphatic carbocycles. The molecule has 6 nitrogen and oxygen atoms in total. The minimum atomic E-state index is -1.15. The number of esters is 1. The van der Waals surface area contributed by atoms with Gasteiger partial charge in [0.05, 0.1) is 13.7 Å². The lowest BCUT2D eigenvalue weighted by Gasteiger charge is -2.14. The van der Waals surface area contributed by atoms with Crippen LogP contribution in [0.3, 0.4) is 0 Å². The van der Waals surface area contributed by atoms with Gasteiger partial charge in [-0.1, -0.05) is 0 Å². The highest BCUT2D eigenvalue weighted by molar-refractivity contribution is 5.92. The van der Waals surface area contributed by atoms with Crippen molar-refractivity contribution in [3.63, 3.8) is 0 Å². The first-order chi connectivity index (χ1) is 13.9. The zero-order chi connectivity index (χ0) is 21.0. The van der Waals surface area contributed by atoms with E-state index in [9.17, 15) is 23.5 Å². The largest absolute Gasteiger partial charge is 0.467 e. The van der Waals surface area contributed by atoms with Gasteiger partial charge in [0.2, 0.25) is 5.91 Å². The van der Waals surface area contributed by atoms with Gasteiger partial charge in [-0.2, -0.15) is 0 Å². The lowest BCUT2D eigenvalue weighted by Crippen LogP contribution is -2.44. The number of amides is 1. The summed E-state index contributed by atoms with van der Waals surface area (Å²) < 4.78 is 31.6. The Bertz CT molecular complexity index is 1030. The zero-order valence-electron chi connectivity index (χ0n) is 15.7. The molecular formula is C21H20F2N2O4. The lowest BCUT2D eigenvalue weighted by atomic mass is 10.0. The van der Waals surface area contributed by atoms with E-state index in [-0.39, 0.29) is 18.7 Å². The molecule has 2 aromatic carbocycles. The number of hydrogen-bond donors (Lipinski definition) is 3. The van der Waals surface area contributed by atoms with Gasteiger partial charge in [-0.05, 0) is 60.0 Å². The number of fused-ring (bicyclic) bond motifs is 1. The van der Waals surface area contributed by atoms with Gasteiger partial charge in [0.1, 0.15) is 11.6 Å². The van der Waals surface area contributed by atoms with Gasteiger partial charge in [0.15, 0.2) is 6.04 Å². The molecule has 0 unspecified atom stereocenters. The Balaban J connectivity index is 1.88. The third-order valence-electron chi connectivity index (χ3n) is 4.61. The van der Waals surface area contributed by atoms with Crippen molar-refractivity contribution in [2.24, 2.45) is 0 Å². The highest BCUT2D eigenvalue weighted by Crippen LogP contribution is 2.32. The first-order valence-electron chi connectivity index (χ1n) is 8.97. The molecular weight excluding hydrogens is 382 g/mol. The Morgan fingerprint density at radius 2 is 1.83 bits per heavy atom. The second-order valence-electron chi connectivity index (χ2n) is 6.50. The van der Waals surface area contributed by atoms with E-state index in [0.29, 0.717) is 27.7 Å². The number of aliphatic hydroxyl groups is 1. The molecule has 152 valence electrons. The quantitative estimate of drug-likeness (QED) is 0.530. The van der Waals surface area contributed by atoms with Crippen LogP contribution in [-0.4, -0.2) is 41.7 Å². The Morgan fingerprint density at radius 3 is 2.48 bits per heavy atom. The van der Waals surface area contributed by atoms with Crippen LogP contribution in [0.2, 0.25) is 0 Å². The maximum Gasteiger partial charge on any atom is 0.330 e. The van der Waals surface area contributed by atoms with Crippen LogP contribution in [0.15, 0.2) is 42.5 Å². The number of halogens is 2. The number of hydrogen-bond acceptors (Lipinski definition) is 4. The van der Waals surface area contributed by atoms with E-state index >= 15 is 0 Å². The lowest BCUT2D eigenvalue weighted by molar-refractivity contribution is -0.146. The fourth-order valence-corrected chi connectivity index (χ4v) is 3.17. The molecule has 0 aliphatic heterocycles. The summed E-state index contributed by atoms with van der Waals surface area (Å²) in [6.07, 6.45) is 0.229. The first-order valence-corrected chi connectivity index (χ1v) is 8.97. The summed E-state index contributed by atoms with van der Waals surface area (Å²) in [5, 5.41) is 12.2. The molecule has 1 atom stereocenters. The Morgan fingerprint density at radius 1 is 1.14 bits per heavy atom. The molecule has 8 heteroatoms. The summed E-state index contributed by atoms with van der Waals surface area (Å²) in [6, 6.07) is 8.98. The van der Waals surface area contributed by atoms with E-state index in [0.717, 1.165) is 7.11 Å². The average molecular weight is 402 g/mol. The van der Waals surface area contributed by atoms with Crippen LogP contribution < -0.4 is 5.32 Å². The van der Waals surface area contributed by atoms with Crippen molar-refractivity contribution in [2.45, 2.75) is 18.9 Å². The van der Waals surface area contributed by atoms with Crippen molar-refractivity contribution < 1.29 is 28.2 Å². The molecule has 1 amide bonds. The average Bonchev–Trinajstić information content (AvgIpc) is 3.08. The molecule has 1 aromatic heterocycles. The van der Waals surface area contributed by atoms with Gasteiger partial charge in [-0.15, -0.1) is 0 Å². The second-order valence-corrected chi connectivity index (χ2v) is 6.50. The molecule has 0 spiro atoms. The number of aliphatic hydroxyl groups excluding tert-OH is 1. The van der Waals surface area contributed by atoms with E-state index < -0.39 is 30.3 Å². The Hall–Kier alpha value is -3.26. The number of methoxy groups -OCH3 is 1. The number of carbonyl (C=O) groups is 2. The number of aromatic amines is 1. The standard InChI is InChI=1S/C21H20F2N2O4/c1-29-21(28)18(11-26)24-19(27)9-7-15-16-10-14(23)6-8-17(16)25-20(15)12-2-4-13(22)5-3-12/h2-6,8,10,18,25-26H,7,9,11H2,1H3,(H,24,27)/t18-/m1/s1. The molecule has 0 saturated heterocycles. The highest BCUT2D eigenvalue weighted by atomic mass is 19.1. The summed E-state index contributed by atoms with van der Waals surface area (Å²) in [7, 11) is 1.16. The smallest absolute Gasteiger partial charge is 0.330 e. The Kier molecular flexibility index (Phi) is 6.23. The molecule has 29 heavy (non-hydrogen) atoms. The van der Waals surface area contributed by atoms with Crippen LogP contribution in [0, 0.1) is 11.6 Å². The van der Waals surface area contributed by atoms with Gasteiger partial charge < -0.3 is 20.1 Å². The molecule has 0 radical (unpaired) electrons. The van der Waals surface area contributed by atoms with Crippen LogP contribution >= 0.6 is 0 Å². The minimum absolute atomic E-state index is 0.00877. The minimum Gasteiger partial charge on any atom is -0.467 e. The van der Waals surface area contributed by atoms with Crippen LogP contribution in [0.1, 0.15) is 12.0 Å². The molecule has 3 aromatic rings. The van der Waals surface area contributed by atoms with Gasteiger partial charge >= 0.3 is 5.97 Å². The van der Waals surface area contributed by atoms with E-state index in [1.54, 1.807) is 18.2 Å². The topological polar surface area (TPSA) is 91.4 Å². The molecule has 0 saturated carbocycles. The van der Waals surface area contributed by atoms with Gasteiger partial charge in [0, 0.05) is 23.0 Å². The van der Waals surface area contributed by atoms with Crippen molar-refractivity contribution in [1.29, 1.82) is 0 Å². The first kappa shape index (κ1) is 20.5. The van der Waals surface area contributed by atoms with Crippen molar-refractivity contribution in [3.05, 3.63) is 59.7 Å². The number of carbonyl (C=O) groups excluding carboxylic acids is 2. The third kappa shape index (κ3) is 4.60. The van der Waals surface area contributed by atoms with Crippen LogP contribution in [-0.2, 0) is 20.7 Å². The predicted molar refractivity (Wildman–Crippen MR) is 103 cm³/mol. The third-order valence-corrected chi connectivity index (χ3v) is 4.61. The SMILES string of the molecule is COC(=O)[C@@H](CO)NC(=O)CCc1c(-c2ccc(F)cc2)[nH]c2ccc(F)cc12. The van der Waals surface area contributed by atoms with E-state index in [2.05, 4.69) is 15.0 Å². The molecule has 3 rings (SSSR count). The maximum atomic E-state index is 13.8. The van der Waals surface area contributed by atoms with Crippen molar-refractivity contribution in [3.8, 4) is 11.3 Å². The van der Waals surface area contributed by atoms with E-state index in [1.165, 1.54) is 24.3 Å². The normalized spacial score (nSPS) is 12.0. The number of ether oxygens (including phenoxy) is 1. The summed E-state index contributed by atoms with van der Waals surface area (Å²) in [5.41, 5.74) is 2.73. The number of H-pyrrole nitrogens is 1. The van der Waals surface area contributed by atoms with Crippen LogP contribution in [0.4, 0.5) is 8.78 Å². The number of benzene rings is 2. The second kappa shape index (κ2) is 8.83. The fraction of sp³-hybridized carbons (Fsp3) is 0.238. The zero-order valence-corrected chi connectivity index (χ0v) is 15.7. The molecule has 1 heterocycles. The summed E-state index contributed by atoms with van der Waals surface area (Å²) >= 11 is 0. The monoisotopic (exact) mass is 402 g/mol. The van der Waals surface area contributed by atoms with E-state index in [4.69, 9.17) is 0 Å². The van der Waals surface area contributed by atoms with Gasteiger partial charge in [-0.25, -0.2) is 13.6 Å².